The zero-order valence-corrected chi connectivity index (χ0v) is 20.9. The SMILES string of the molecule is CC(=O)Oc1c(C)c(C)c(OC(C)=O)c2c1C[C@@H](C[Si](C)(C)C(C)(C)C)[C@H](C)C2. The van der Waals surface area contributed by atoms with Crippen molar-refractivity contribution in [1.82, 2.24) is 0 Å². The number of rotatable bonds is 4. The number of carbonyl (C=O) groups excluding carboxylic acids is 2. The molecule has 0 saturated heterocycles. The van der Waals surface area contributed by atoms with E-state index < -0.39 is 8.07 Å². The standard InChI is InChI=1S/C24H38O4Si/c1-14-11-20-21(12-19(14)13-29(9,10)24(6,7)8)23(28-18(5)26)16(3)15(2)22(20)27-17(4)25/h14,19H,11-13H2,1-10H3/t14-,19+/m1/s1. The lowest BCUT2D eigenvalue weighted by molar-refractivity contribution is -0.133. The maximum atomic E-state index is 11.8. The van der Waals surface area contributed by atoms with Crippen molar-refractivity contribution in [1.29, 1.82) is 0 Å². The van der Waals surface area contributed by atoms with Crippen LogP contribution in [0.25, 0.3) is 0 Å². The van der Waals surface area contributed by atoms with Gasteiger partial charge < -0.3 is 9.47 Å². The highest BCUT2D eigenvalue weighted by Gasteiger charge is 2.41. The Hall–Kier alpha value is -1.62. The molecule has 2 atom stereocenters. The third-order valence-electron chi connectivity index (χ3n) is 7.25. The van der Waals surface area contributed by atoms with Crippen LogP contribution >= 0.6 is 0 Å². The Kier molecular flexibility index (Phi) is 6.73. The summed E-state index contributed by atoms with van der Waals surface area (Å²) in [5, 5.41) is 0.331. The smallest absolute Gasteiger partial charge is 0.308 e. The first-order valence-corrected chi connectivity index (χ1v) is 13.9. The number of hydrogen-bond donors (Lipinski definition) is 0. The van der Waals surface area contributed by atoms with Gasteiger partial charge in [0.05, 0.1) is 8.07 Å². The molecule has 0 radical (unpaired) electrons. The highest BCUT2D eigenvalue weighted by Crippen LogP contribution is 2.49. The first-order valence-electron chi connectivity index (χ1n) is 10.7. The second kappa shape index (κ2) is 8.25. The second-order valence-electron chi connectivity index (χ2n) is 10.5. The zero-order valence-electron chi connectivity index (χ0n) is 19.9. The molecular weight excluding hydrogens is 380 g/mol. The van der Waals surface area contributed by atoms with Gasteiger partial charge in [0, 0.05) is 25.0 Å². The van der Waals surface area contributed by atoms with Gasteiger partial charge in [-0.1, -0.05) is 46.8 Å². The van der Waals surface area contributed by atoms with Gasteiger partial charge in [0.15, 0.2) is 0 Å². The average Bonchev–Trinajstić information content (AvgIpc) is 2.55. The van der Waals surface area contributed by atoms with Gasteiger partial charge in [-0.05, 0) is 54.7 Å². The van der Waals surface area contributed by atoms with Gasteiger partial charge >= 0.3 is 11.9 Å². The molecule has 0 heterocycles. The fourth-order valence-electron chi connectivity index (χ4n) is 4.25. The summed E-state index contributed by atoms with van der Waals surface area (Å²) >= 11 is 0. The zero-order chi connectivity index (χ0) is 22.3. The molecule has 0 fully saturated rings. The van der Waals surface area contributed by atoms with Gasteiger partial charge in [-0.25, -0.2) is 0 Å². The second-order valence-corrected chi connectivity index (χ2v) is 16.2. The highest BCUT2D eigenvalue weighted by atomic mass is 28.3. The van der Waals surface area contributed by atoms with Crippen LogP contribution in [0.15, 0.2) is 0 Å². The molecule has 0 N–H and O–H groups in total. The van der Waals surface area contributed by atoms with E-state index in [-0.39, 0.29) is 11.9 Å². The minimum absolute atomic E-state index is 0.311. The Morgan fingerprint density at radius 2 is 1.34 bits per heavy atom. The molecule has 4 nitrogen and oxygen atoms in total. The Bertz CT molecular complexity index is 817. The molecule has 0 unspecified atom stereocenters. The molecule has 1 aliphatic rings. The summed E-state index contributed by atoms with van der Waals surface area (Å²) in [5.74, 6) is 1.73. The van der Waals surface area contributed by atoms with Crippen LogP contribution in [0.5, 0.6) is 11.5 Å². The first kappa shape index (κ1) is 23.7. The topological polar surface area (TPSA) is 52.6 Å². The van der Waals surface area contributed by atoms with Crippen molar-refractivity contribution < 1.29 is 19.1 Å². The Morgan fingerprint density at radius 3 is 1.72 bits per heavy atom. The molecule has 0 amide bonds. The van der Waals surface area contributed by atoms with E-state index in [1.165, 1.54) is 19.9 Å². The van der Waals surface area contributed by atoms with Crippen molar-refractivity contribution in [2.45, 2.75) is 92.4 Å². The normalized spacial score (nSPS) is 19.5. The van der Waals surface area contributed by atoms with Crippen LogP contribution < -0.4 is 9.47 Å². The van der Waals surface area contributed by atoms with Crippen molar-refractivity contribution in [3.63, 3.8) is 0 Å². The summed E-state index contributed by atoms with van der Waals surface area (Å²) in [5.41, 5.74) is 3.86. The Balaban J connectivity index is 2.58. The van der Waals surface area contributed by atoms with Gasteiger partial charge in [-0.15, -0.1) is 0 Å². The Labute approximate surface area is 177 Å². The predicted octanol–water partition coefficient (Wildman–Crippen LogP) is 6.01. The summed E-state index contributed by atoms with van der Waals surface area (Å²) < 4.78 is 11.3. The summed E-state index contributed by atoms with van der Waals surface area (Å²) in [4.78, 5) is 23.6. The third-order valence-corrected chi connectivity index (χ3v) is 12.9. The maximum absolute atomic E-state index is 11.8. The quantitative estimate of drug-likeness (QED) is 0.341. The van der Waals surface area contributed by atoms with Crippen molar-refractivity contribution in [2.24, 2.45) is 11.8 Å². The Morgan fingerprint density at radius 1 is 0.931 bits per heavy atom. The summed E-state index contributed by atoms with van der Waals surface area (Å²) in [6, 6.07) is 1.23. The van der Waals surface area contributed by atoms with Crippen LogP contribution in [-0.2, 0) is 22.4 Å². The number of ether oxygens (including phenoxy) is 2. The van der Waals surface area contributed by atoms with Gasteiger partial charge in [0.1, 0.15) is 11.5 Å². The van der Waals surface area contributed by atoms with E-state index in [0.29, 0.717) is 28.4 Å². The van der Waals surface area contributed by atoms with E-state index in [1.54, 1.807) is 0 Å². The monoisotopic (exact) mass is 418 g/mol. The lowest BCUT2D eigenvalue weighted by Gasteiger charge is -2.43. The summed E-state index contributed by atoms with van der Waals surface area (Å²) in [6.07, 6.45) is 1.70. The highest BCUT2D eigenvalue weighted by molar-refractivity contribution is 6.80. The van der Waals surface area contributed by atoms with Crippen LogP contribution in [-0.4, -0.2) is 20.0 Å². The molecule has 1 aromatic rings. The fraction of sp³-hybridized carbons (Fsp3) is 0.667. The van der Waals surface area contributed by atoms with Crippen molar-refractivity contribution in [2.75, 3.05) is 0 Å². The largest absolute Gasteiger partial charge is 0.426 e. The van der Waals surface area contributed by atoms with Gasteiger partial charge in [-0.3, -0.25) is 9.59 Å². The van der Waals surface area contributed by atoms with Gasteiger partial charge in [0.2, 0.25) is 0 Å². The summed E-state index contributed by atoms with van der Waals surface area (Å²) in [7, 11) is -1.46. The van der Waals surface area contributed by atoms with E-state index in [9.17, 15) is 9.59 Å². The van der Waals surface area contributed by atoms with Crippen LogP contribution in [0, 0.1) is 25.7 Å². The molecule has 0 saturated carbocycles. The molecule has 0 aliphatic heterocycles. The average molecular weight is 419 g/mol. The van der Waals surface area contributed by atoms with E-state index in [1.807, 2.05) is 13.8 Å². The van der Waals surface area contributed by atoms with E-state index in [0.717, 1.165) is 35.1 Å². The van der Waals surface area contributed by atoms with Crippen LogP contribution in [0.3, 0.4) is 0 Å². The van der Waals surface area contributed by atoms with Gasteiger partial charge in [0.25, 0.3) is 0 Å². The molecule has 2 rings (SSSR count). The molecule has 1 aliphatic carbocycles. The molecule has 0 bridgehead atoms. The number of carbonyl (C=O) groups is 2. The maximum Gasteiger partial charge on any atom is 0.308 e. The van der Waals surface area contributed by atoms with E-state index in [4.69, 9.17) is 9.47 Å². The first-order chi connectivity index (χ1) is 13.2. The number of hydrogen-bond acceptors (Lipinski definition) is 4. The van der Waals surface area contributed by atoms with Crippen LogP contribution in [0.1, 0.15) is 63.8 Å². The number of benzene rings is 1. The summed E-state index contributed by atoms with van der Waals surface area (Å²) in [6.45, 7) is 21.1. The fourth-order valence-corrected chi connectivity index (χ4v) is 6.72. The predicted molar refractivity (Wildman–Crippen MR) is 121 cm³/mol. The lowest BCUT2D eigenvalue weighted by Crippen LogP contribution is -2.41. The van der Waals surface area contributed by atoms with Crippen molar-refractivity contribution >= 4 is 20.0 Å². The van der Waals surface area contributed by atoms with E-state index in [2.05, 4.69) is 40.8 Å². The van der Waals surface area contributed by atoms with E-state index >= 15 is 0 Å². The van der Waals surface area contributed by atoms with Crippen molar-refractivity contribution in [3.8, 4) is 11.5 Å². The van der Waals surface area contributed by atoms with Crippen LogP contribution in [0.4, 0.5) is 0 Å². The van der Waals surface area contributed by atoms with Gasteiger partial charge in [-0.2, -0.15) is 0 Å². The molecule has 0 spiro atoms. The lowest BCUT2D eigenvalue weighted by atomic mass is 9.75. The minimum Gasteiger partial charge on any atom is -0.426 e. The molecule has 29 heavy (non-hydrogen) atoms. The molecule has 162 valence electrons. The molecule has 1 aromatic carbocycles. The molecule has 5 heteroatoms. The number of esters is 2. The molecule has 0 aromatic heterocycles. The number of fused-ring (bicyclic) bond motifs is 1. The third kappa shape index (κ3) is 4.93. The molecular formula is C24H38O4Si. The minimum atomic E-state index is -1.46. The van der Waals surface area contributed by atoms with Crippen LogP contribution in [0.2, 0.25) is 24.2 Å². The van der Waals surface area contributed by atoms with Crippen molar-refractivity contribution in [3.05, 3.63) is 22.3 Å².